The number of hydrogen-bond donors (Lipinski definition) is 4. The zero-order valence-electron chi connectivity index (χ0n) is 78.4. The van der Waals surface area contributed by atoms with Crippen molar-refractivity contribution in [2.24, 2.45) is 32.2 Å². The molecule has 2 atom stereocenters. The van der Waals surface area contributed by atoms with Gasteiger partial charge in [0.1, 0.15) is 0 Å². The molecular formula is C108H158N10O8. The van der Waals surface area contributed by atoms with Crippen LogP contribution in [0.2, 0.25) is 0 Å². The number of hydrogen-bond acceptors (Lipinski definition) is 14. The van der Waals surface area contributed by atoms with Crippen LogP contribution in [-0.2, 0) is 36.7 Å². The molecule has 2 aliphatic heterocycles. The molecule has 18 nitrogen and oxygen atoms in total. The second-order valence-electron chi connectivity index (χ2n) is 35.8. The average Bonchev–Trinajstić information content (AvgIpc) is 1.66. The quantitative estimate of drug-likeness (QED) is 0.0164. The van der Waals surface area contributed by atoms with Crippen LogP contribution in [0.25, 0.3) is 0 Å². The average molecular weight is 1720 g/mol. The highest BCUT2D eigenvalue weighted by atomic mass is 16.5. The number of amides is 4. The van der Waals surface area contributed by atoms with Crippen molar-refractivity contribution in [2.75, 3.05) is 39.7 Å². The first-order valence-corrected chi connectivity index (χ1v) is 50.1. The molecule has 2 heterocycles. The van der Waals surface area contributed by atoms with Gasteiger partial charge >= 0.3 is 23.8 Å². The van der Waals surface area contributed by atoms with Crippen molar-refractivity contribution in [3.63, 3.8) is 0 Å². The Morgan fingerprint density at radius 2 is 0.698 bits per heavy atom. The van der Waals surface area contributed by atoms with E-state index in [0.29, 0.717) is 82.5 Å². The van der Waals surface area contributed by atoms with Crippen molar-refractivity contribution in [1.82, 2.24) is 5.01 Å². The van der Waals surface area contributed by atoms with E-state index in [2.05, 4.69) is 93.9 Å². The second kappa shape index (κ2) is 62.0. The molecule has 1 aliphatic carbocycles. The molecule has 0 saturated carbocycles. The maximum absolute atomic E-state index is 13.8. The third kappa shape index (κ3) is 38.3. The van der Waals surface area contributed by atoms with Gasteiger partial charge in [0.15, 0.2) is 11.4 Å². The molecule has 5 aromatic carbocycles. The summed E-state index contributed by atoms with van der Waals surface area (Å²) < 4.78 is 11.7. The fourth-order valence-corrected chi connectivity index (χ4v) is 17.6. The number of esters is 2. The van der Waals surface area contributed by atoms with Crippen molar-refractivity contribution in [1.29, 1.82) is 0 Å². The molecule has 8 rings (SSSR count). The Morgan fingerprint density at radius 1 is 0.365 bits per heavy atom. The first kappa shape index (κ1) is 102. The fourth-order valence-electron chi connectivity index (χ4n) is 17.6. The summed E-state index contributed by atoms with van der Waals surface area (Å²) >= 11 is 0. The maximum Gasteiger partial charge on any atom is 0.340 e. The smallest absolute Gasteiger partial charge is 0.340 e. The number of aryl methyl sites for hydroxylation is 2. The molecule has 688 valence electrons. The Balaban J connectivity index is 0.714. The third-order valence-electron chi connectivity index (χ3n) is 25.4. The molecule has 5 aromatic rings. The molecule has 0 saturated heterocycles. The van der Waals surface area contributed by atoms with E-state index in [9.17, 15) is 28.8 Å². The van der Waals surface area contributed by atoms with Crippen LogP contribution < -0.4 is 26.5 Å². The number of nitrogens with one attached hydrogen (secondary N) is 4. The molecular weight excluding hydrogens is 1570 g/mol. The van der Waals surface area contributed by atoms with Crippen LogP contribution in [0, 0.1) is 11.8 Å². The largest absolute Gasteiger partial charge is 0.462 e. The summed E-state index contributed by atoms with van der Waals surface area (Å²) in [6.07, 6.45) is 69.8. The van der Waals surface area contributed by atoms with Crippen molar-refractivity contribution >= 4 is 86.9 Å². The molecule has 0 aromatic heterocycles. The molecule has 0 bridgehead atoms. The minimum Gasteiger partial charge on any atom is -0.462 e. The van der Waals surface area contributed by atoms with Crippen LogP contribution in [0.1, 0.15) is 418 Å². The van der Waals surface area contributed by atoms with Gasteiger partial charge in [0.25, 0.3) is 11.8 Å². The fraction of sp³-hybridized carbons (Fsp3) is 0.593. The van der Waals surface area contributed by atoms with Gasteiger partial charge in [-0.25, -0.2) is 9.59 Å². The number of ether oxygens (including phenoxy) is 2. The minimum atomic E-state index is -0.447. The monoisotopic (exact) mass is 1720 g/mol. The first-order valence-electron chi connectivity index (χ1n) is 50.1. The summed E-state index contributed by atoms with van der Waals surface area (Å²) in [6, 6.07) is 37.2. The number of benzene rings is 5. The van der Waals surface area contributed by atoms with Gasteiger partial charge in [0, 0.05) is 28.2 Å². The standard InChI is InChI=1S/C108H158N10O8/c1-7-11-15-19-23-25-27-31-37-45-57-87-67-75-93(76-68-87)109-103(119)91-71-79-95(80-72-91)117-105(121)101(85(5)115-117)113-111-99-65-53-51-63-97(99)107(123)125-83-55-43-35-33-41-49-61-89(59-47-39-29-21-17-13-9-3)90(60-48-40-30-22-18-14-10-4)62-50-42-34-36-44-56-84-126-108(124)98-64-52-54-66-100(98)112-114-102-86(6)116-118(106(102)122)96-81-73-92(74-82-96)104(120)110-94-77-69-88(70-78-94)58-46-38-32-28-26-24-20-16-12-8-2/h51-54,63-73,75-81,89-90,111-112H,7-50,55-62,74,82-84H2,1-6H3,(H,109,119)(H,110,120)/b113-101-,114-102-. The van der Waals surface area contributed by atoms with E-state index >= 15 is 0 Å². The third-order valence-corrected chi connectivity index (χ3v) is 25.4. The van der Waals surface area contributed by atoms with Crippen LogP contribution in [0.15, 0.2) is 165 Å². The molecule has 0 radical (unpaired) electrons. The van der Waals surface area contributed by atoms with Crippen LogP contribution in [-0.4, -0.2) is 76.6 Å². The summed E-state index contributed by atoms with van der Waals surface area (Å²) in [6.45, 7) is 13.2. The van der Waals surface area contributed by atoms with Crippen molar-refractivity contribution in [2.45, 2.75) is 388 Å². The highest BCUT2D eigenvalue weighted by Gasteiger charge is 2.34. The zero-order chi connectivity index (χ0) is 89.2. The number of carbonyl (C=O) groups is 6. The molecule has 18 heteroatoms. The SMILES string of the molecule is CCCCCCCCCCCCc1ccc(NC(=O)C2=CC=C(N3N=C(C)/C(=N/Nc4ccccc4C(=O)OCCCCCCCCC(CCCCCCCCC)C(CCCCCCCCC)CCCCCCCCOC(=O)c4ccccc4N/N=C4\C(=O)N(c5ccc(C(=O)Nc6ccc(CCCCCCCCCCCC)cc6)cc5)N=C4C)C3=O)CC2)cc1. The molecule has 4 amide bonds. The molecule has 0 fully saturated rings. The summed E-state index contributed by atoms with van der Waals surface area (Å²) in [4.78, 5) is 81.4. The van der Waals surface area contributed by atoms with Crippen molar-refractivity contribution in [3.8, 4) is 0 Å². The lowest BCUT2D eigenvalue weighted by atomic mass is 9.78. The zero-order valence-corrected chi connectivity index (χ0v) is 78.4. The van der Waals surface area contributed by atoms with Crippen LogP contribution >= 0.6 is 0 Å². The van der Waals surface area contributed by atoms with E-state index < -0.39 is 17.8 Å². The van der Waals surface area contributed by atoms with E-state index in [1.807, 2.05) is 30.3 Å². The Labute approximate surface area is 758 Å². The van der Waals surface area contributed by atoms with E-state index in [1.54, 1.807) is 92.7 Å². The molecule has 126 heavy (non-hydrogen) atoms. The van der Waals surface area contributed by atoms with E-state index in [1.165, 1.54) is 304 Å². The van der Waals surface area contributed by atoms with Crippen molar-refractivity contribution in [3.05, 3.63) is 173 Å². The summed E-state index contributed by atoms with van der Waals surface area (Å²) in [7, 11) is 0. The number of rotatable bonds is 69. The van der Waals surface area contributed by atoms with E-state index in [4.69, 9.17) is 9.47 Å². The highest BCUT2D eigenvalue weighted by molar-refractivity contribution is 6.71. The lowest BCUT2D eigenvalue weighted by Crippen LogP contribution is -2.28. The molecule has 2 unspecified atom stereocenters. The number of unbranched alkanes of at least 4 members (excludes halogenated alkanes) is 40. The number of carbonyl (C=O) groups excluding carboxylic acids is 6. The number of hydrazone groups is 4. The van der Waals surface area contributed by atoms with Gasteiger partial charge in [-0.2, -0.15) is 30.4 Å². The molecule has 0 spiro atoms. The Kier molecular flexibility index (Phi) is 50.2. The van der Waals surface area contributed by atoms with Crippen LogP contribution in [0.5, 0.6) is 0 Å². The lowest BCUT2D eigenvalue weighted by Gasteiger charge is -2.28. The Bertz CT molecular complexity index is 4200. The summed E-state index contributed by atoms with van der Waals surface area (Å²) in [5.41, 5.74) is 14.9. The van der Waals surface area contributed by atoms with Gasteiger partial charge < -0.3 is 20.1 Å². The minimum absolute atomic E-state index is 0.113. The highest BCUT2D eigenvalue weighted by Crippen LogP contribution is 2.36. The summed E-state index contributed by atoms with van der Waals surface area (Å²) in [5, 5.41) is 26.7. The van der Waals surface area contributed by atoms with E-state index in [0.717, 1.165) is 74.6 Å². The van der Waals surface area contributed by atoms with Crippen LogP contribution in [0.3, 0.4) is 0 Å². The topological polar surface area (TPSA) is 225 Å². The Morgan fingerprint density at radius 3 is 1.07 bits per heavy atom. The van der Waals surface area contributed by atoms with Gasteiger partial charge in [-0.1, -0.05) is 378 Å². The predicted octanol–water partition coefficient (Wildman–Crippen LogP) is 29.3. The predicted molar refractivity (Wildman–Crippen MR) is 525 cm³/mol. The number of para-hydroxylation sites is 2. The number of nitrogens with zero attached hydrogens (tertiary/aromatic N) is 6. The van der Waals surface area contributed by atoms with Gasteiger partial charge in [-0.3, -0.25) is 30.0 Å². The van der Waals surface area contributed by atoms with Crippen molar-refractivity contribution < 1.29 is 38.2 Å². The molecule has 4 N–H and O–H groups in total. The Hall–Kier alpha value is -9.32. The number of anilines is 5. The van der Waals surface area contributed by atoms with Gasteiger partial charge in [-0.05, 0) is 167 Å². The lowest BCUT2D eigenvalue weighted by molar-refractivity contribution is -0.121. The van der Waals surface area contributed by atoms with Gasteiger partial charge in [0.2, 0.25) is 0 Å². The van der Waals surface area contributed by atoms with Gasteiger partial charge in [0.05, 0.1) is 52.8 Å². The number of allylic oxidation sites excluding steroid dienone is 3. The maximum atomic E-state index is 13.8. The second-order valence-corrected chi connectivity index (χ2v) is 35.8. The van der Waals surface area contributed by atoms with E-state index in [-0.39, 0.29) is 29.1 Å². The first-order chi connectivity index (χ1) is 61.8. The summed E-state index contributed by atoms with van der Waals surface area (Å²) in [5.74, 6) is -0.588. The van der Waals surface area contributed by atoms with Crippen LogP contribution in [0.4, 0.5) is 28.4 Å². The normalized spacial score (nSPS) is 14.5. The van der Waals surface area contributed by atoms with Gasteiger partial charge in [-0.15, -0.1) is 0 Å². The molecule has 3 aliphatic rings.